The van der Waals surface area contributed by atoms with Crippen LogP contribution in [0.4, 0.5) is 11.4 Å². The van der Waals surface area contributed by atoms with Crippen LogP contribution >= 0.6 is 0 Å². The number of β-amino-alcohol motifs (C(OH)–C–C–N with tert-alkyl or cyclic N) is 1. The second-order valence-electron chi connectivity index (χ2n) is 6.91. The van der Waals surface area contributed by atoms with Gasteiger partial charge in [-0.05, 0) is 35.4 Å². The van der Waals surface area contributed by atoms with Crippen molar-refractivity contribution in [3.05, 3.63) is 59.7 Å². The van der Waals surface area contributed by atoms with Crippen molar-refractivity contribution in [2.45, 2.75) is 25.5 Å². The Kier molecular flexibility index (Phi) is 6.41. The Morgan fingerprint density at radius 2 is 1.55 bits per heavy atom. The van der Waals surface area contributed by atoms with Gasteiger partial charge in [0.25, 0.3) is 0 Å². The molecule has 1 saturated heterocycles. The molecule has 2 atom stereocenters. The monoisotopic (exact) mass is 393 g/mol. The van der Waals surface area contributed by atoms with Gasteiger partial charge in [-0.1, -0.05) is 36.4 Å². The van der Waals surface area contributed by atoms with Gasteiger partial charge in [-0.15, -0.1) is 0 Å². The van der Waals surface area contributed by atoms with E-state index in [-0.39, 0.29) is 24.8 Å². The third-order valence-electron chi connectivity index (χ3n) is 4.77. The number of likely N-dealkylation sites (tertiary alicyclic amines) is 1. The quantitative estimate of drug-likeness (QED) is 0.518. The van der Waals surface area contributed by atoms with Gasteiger partial charge in [-0.2, -0.15) is 0 Å². The molecule has 3 N–H and O–H groups in total. The lowest BCUT2D eigenvalue weighted by atomic mass is 10.1. The first-order chi connectivity index (χ1) is 14.0. The summed E-state index contributed by atoms with van der Waals surface area (Å²) in [6, 6.07) is 14.1. The third kappa shape index (κ3) is 5.30. The van der Waals surface area contributed by atoms with E-state index in [1.54, 1.807) is 12.1 Å². The lowest BCUT2D eigenvalue weighted by Crippen LogP contribution is -2.42. The highest BCUT2D eigenvalue weighted by molar-refractivity contribution is 5.97. The zero-order chi connectivity index (χ0) is 20.8. The maximum Gasteiger partial charge on any atom is 0.247 e. The molecular formula is C22H23N3O4. The fourth-order valence-corrected chi connectivity index (χ4v) is 3.26. The molecule has 1 heterocycles. The molecule has 0 saturated carbocycles. The van der Waals surface area contributed by atoms with Crippen molar-refractivity contribution < 1.29 is 19.5 Å². The second-order valence-corrected chi connectivity index (χ2v) is 6.91. The van der Waals surface area contributed by atoms with Crippen LogP contribution < -0.4 is 10.6 Å². The summed E-state index contributed by atoms with van der Waals surface area (Å²) in [6.45, 7) is 1.58. The first kappa shape index (κ1) is 20.3. The van der Waals surface area contributed by atoms with Crippen LogP contribution in [-0.2, 0) is 14.4 Å². The van der Waals surface area contributed by atoms with E-state index in [1.807, 2.05) is 48.6 Å². The zero-order valence-corrected chi connectivity index (χ0v) is 16.0. The number of rotatable bonds is 6. The number of aliphatic hydroxyl groups is 1. The Labute approximate surface area is 169 Å². The number of hydrogen-bond donors (Lipinski definition) is 3. The van der Waals surface area contributed by atoms with Gasteiger partial charge in [-0.25, -0.2) is 0 Å². The van der Waals surface area contributed by atoms with Crippen LogP contribution in [0.25, 0.3) is 12.2 Å². The predicted octanol–water partition coefficient (Wildman–Crippen LogP) is 2.35. The van der Waals surface area contributed by atoms with Crippen LogP contribution in [-0.4, -0.2) is 46.9 Å². The maximum absolute atomic E-state index is 12.5. The molecule has 3 rings (SSSR count). The summed E-state index contributed by atoms with van der Waals surface area (Å²) in [7, 11) is 0. The number of carbonyl (C=O) groups excluding carboxylic acids is 3. The Morgan fingerprint density at radius 3 is 2.07 bits per heavy atom. The van der Waals surface area contributed by atoms with Crippen molar-refractivity contribution in [1.82, 2.24) is 4.90 Å². The van der Waals surface area contributed by atoms with E-state index in [0.29, 0.717) is 12.1 Å². The van der Waals surface area contributed by atoms with Gasteiger partial charge in [0, 0.05) is 31.3 Å². The van der Waals surface area contributed by atoms with E-state index in [0.717, 1.165) is 16.8 Å². The largest absolute Gasteiger partial charge is 0.391 e. The zero-order valence-electron chi connectivity index (χ0n) is 16.0. The summed E-state index contributed by atoms with van der Waals surface area (Å²) < 4.78 is 0. The van der Waals surface area contributed by atoms with Crippen LogP contribution in [0.5, 0.6) is 0 Å². The average Bonchev–Trinajstić information content (AvgIpc) is 3.11. The first-order valence-corrected chi connectivity index (χ1v) is 9.31. The summed E-state index contributed by atoms with van der Waals surface area (Å²) in [6.07, 6.45) is 4.09. The SMILES string of the molecule is CC(=O)N1C[C@H](O)C[C@H]1C(=O)Nc1ccc(/C=C/c2ccc(NC=O)cc2)cc1. The molecule has 150 valence electrons. The van der Waals surface area contributed by atoms with Crippen LogP contribution in [0.2, 0.25) is 0 Å². The Morgan fingerprint density at radius 1 is 1.00 bits per heavy atom. The van der Waals surface area contributed by atoms with Gasteiger partial charge in [-0.3, -0.25) is 14.4 Å². The molecule has 1 aliphatic rings. The Bertz CT molecular complexity index is 907. The molecular weight excluding hydrogens is 370 g/mol. The Hall–Kier alpha value is -3.45. The minimum atomic E-state index is -0.676. The highest BCUT2D eigenvalue weighted by Crippen LogP contribution is 2.20. The van der Waals surface area contributed by atoms with Gasteiger partial charge >= 0.3 is 0 Å². The normalized spacial score (nSPS) is 18.6. The number of nitrogens with one attached hydrogen (secondary N) is 2. The lowest BCUT2D eigenvalue weighted by molar-refractivity contribution is -0.134. The standard InChI is InChI=1S/C22H23N3O4/c1-15(27)25-13-20(28)12-21(25)22(29)24-19-10-6-17(7-11-19)3-2-16-4-8-18(9-5-16)23-14-26/h2-11,14,20-21,28H,12-13H2,1H3,(H,23,26)(H,24,29)/b3-2+/t20-,21+/m1/s1. The lowest BCUT2D eigenvalue weighted by Gasteiger charge is -2.22. The second kappa shape index (κ2) is 9.16. The summed E-state index contributed by atoms with van der Waals surface area (Å²) in [5, 5.41) is 15.2. The van der Waals surface area contributed by atoms with Crippen molar-refractivity contribution in [3.63, 3.8) is 0 Å². The van der Waals surface area contributed by atoms with E-state index in [2.05, 4.69) is 10.6 Å². The molecule has 0 bridgehead atoms. The maximum atomic E-state index is 12.5. The summed E-state index contributed by atoms with van der Waals surface area (Å²) in [5.74, 6) is -0.527. The van der Waals surface area contributed by atoms with Crippen molar-refractivity contribution in [2.75, 3.05) is 17.2 Å². The number of benzene rings is 2. The van der Waals surface area contributed by atoms with Crippen molar-refractivity contribution in [1.29, 1.82) is 0 Å². The smallest absolute Gasteiger partial charge is 0.247 e. The summed E-state index contributed by atoms with van der Waals surface area (Å²) in [4.78, 5) is 36.0. The van der Waals surface area contributed by atoms with Gasteiger partial charge in [0.1, 0.15) is 6.04 Å². The molecule has 1 aliphatic heterocycles. The number of anilines is 2. The van der Waals surface area contributed by atoms with Crippen LogP contribution in [0.15, 0.2) is 48.5 Å². The summed E-state index contributed by atoms with van der Waals surface area (Å²) in [5.41, 5.74) is 3.30. The fourth-order valence-electron chi connectivity index (χ4n) is 3.26. The van der Waals surface area contributed by atoms with Crippen molar-refractivity contribution in [2.24, 2.45) is 0 Å². The van der Waals surface area contributed by atoms with Gasteiger partial charge in [0.2, 0.25) is 18.2 Å². The molecule has 0 aromatic heterocycles. The molecule has 2 aromatic rings. The Balaban J connectivity index is 1.60. The number of aliphatic hydroxyl groups excluding tert-OH is 1. The third-order valence-corrected chi connectivity index (χ3v) is 4.77. The predicted molar refractivity (Wildman–Crippen MR) is 112 cm³/mol. The highest BCUT2D eigenvalue weighted by atomic mass is 16.3. The van der Waals surface area contributed by atoms with Crippen LogP contribution in [0, 0.1) is 0 Å². The molecule has 3 amide bonds. The van der Waals surface area contributed by atoms with E-state index in [9.17, 15) is 19.5 Å². The minimum Gasteiger partial charge on any atom is -0.391 e. The van der Waals surface area contributed by atoms with Gasteiger partial charge in [0.05, 0.1) is 6.10 Å². The number of carbonyl (C=O) groups is 3. The molecule has 0 unspecified atom stereocenters. The van der Waals surface area contributed by atoms with E-state index >= 15 is 0 Å². The molecule has 1 fully saturated rings. The van der Waals surface area contributed by atoms with Crippen LogP contribution in [0.3, 0.4) is 0 Å². The van der Waals surface area contributed by atoms with Gasteiger partial charge < -0.3 is 20.6 Å². The molecule has 29 heavy (non-hydrogen) atoms. The van der Waals surface area contributed by atoms with Gasteiger partial charge in [0.15, 0.2) is 0 Å². The van der Waals surface area contributed by atoms with E-state index < -0.39 is 12.1 Å². The van der Waals surface area contributed by atoms with Crippen LogP contribution in [0.1, 0.15) is 24.5 Å². The molecule has 0 radical (unpaired) electrons. The number of hydrogen-bond acceptors (Lipinski definition) is 4. The number of amides is 3. The number of nitrogens with zero attached hydrogens (tertiary/aromatic N) is 1. The van der Waals surface area contributed by atoms with Crippen molar-refractivity contribution in [3.8, 4) is 0 Å². The topological polar surface area (TPSA) is 98.7 Å². The minimum absolute atomic E-state index is 0.184. The molecule has 7 nitrogen and oxygen atoms in total. The molecule has 2 aromatic carbocycles. The fraction of sp³-hybridized carbons (Fsp3) is 0.227. The van der Waals surface area contributed by atoms with Crippen molar-refractivity contribution >= 4 is 41.8 Å². The first-order valence-electron chi connectivity index (χ1n) is 9.31. The summed E-state index contributed by atoms with van der Waals surface area (Å²) >= 11 is 0. The van der Waals surface area contributed by atoms with E-state index in [4.69, 9.17) is 0 Å². The molecule has 7 heteroatoms. The molecule has 0 aliphatic carbocycles. The average molecular weight is 393 g/mol. The van der Waals surface area contributed by atoms with E-state index in [1.165, 1.54) is 11.8 Å². The highest BCUT2D eigenvalue weighted by Gasteiger charge is 2.37. The molecule has 0 spiro atoms.